The Labute approximate surface area is 109 Å². The van der Waals surface area contributed by atoms with E-state index in [1.807, 2.05) is 23.9 Å². The molecule has 90 valence electrons. The molecule has 0 N–H and O–H groups in total. The van der Waals surface area contributed by atoms with Crippen LogP contribution in [0, 0.1) is 5.41 Å². The molecule has 2 nitrogen and oxygen atoms in total. The molecular formula is C12H17BrO2S. The Balaban J connectivity index is 1.78. The van der Waals surface area contributed by atoms with E-state index < -0.39 is 0 Å². The molecular weight excluding hydrogens is 288 g/mol. The summed E-state index contributed by atoms with van der Waals surface area (Å²) in [6.45, 7) is 1.82. The van der Waals surface area contributed by atoms with Crippen LogP contribution in [0.4, 0.5) is 0 Å². The number of halogens is 1. The van der Waals surface area contributed by atoms with Gasteiger partial charge in [0.25, 0.3) is 0 Å². The summed E-state index contributed by atoms with van der Waals surface area (Å²) in [5.41, 5.74) is 0.426. The fourth-order valence-corrected chi connectivity index (χ4v) is 4.20. The Morgan fingerprint density at radius 2 is 2.19 bits per heavy atom. The highest BCUT2D eigenvalue weighted by Gasteiger charge is 2.31. The molecule has 1 fully saturated rings. The SMILES string of the molecule is BrCC1(CSCc2ccco2)CCOCC1. The molecule has 2 rings (SSSR count). The van der Waals surface area contributed by atoms with Crippen molar-refractivity contribution in [1.29, 1.82) is 0 Å². The molecule has 1 aromatic heterocycles. The second kappa shape index (κ2) is 6.12. The minimum Gasteiger partial charge on any atom is -0.468 e. The van der Waals surface area contributed by atoms with E-state index in [1.165, 1.54) is 18.6 Å². The maximum absolute atomic E-state index is 5.43. The van der Waals surface area contributed by atoms with Crippen LogP contribution in [0.3, 0.4) is 0 Å². The van der Waals surface area contributed by atoms with Crippen LogP contribution in [0.5, 0.6) is 0 Å². The fourth-order valence-electron chi connectivity index (χ4n) is 1.88. The predicted molar refractivity (Wildman–Crippen MR) is 71.2 cm³/mol. The lowest BCUT2D eigenvalue weighted by atomic mass is 9.85. The van der Waals surface area contributed by atoms with Crippen LogP contribution < -0.4 is 0 Å². The van der Waals surface area contributed by atoms with Gasteiger partial charge < -0.3 is 9.15 Å². The number of ether oxygens (including phenoxy) is 1. The fraction of sp³-hybridized carbons (Fsp3) is 0.667. The van der Waals surface area contributed by atoms with Gasteiger partial charge in [0.2, 0.25) is 0 Å². The van der Waals surface area contributed by atoms with Gasteiger partial charge in [-0.3, -0.25) is 0 Å². The number of rotatable bonds is 5. The summed E-state index contributed by atoms with van der Waals surface area (Å²) < 4.78 is 10.8. The number of hydrogen-bond donors (Lipinski definition) is 0. The van der Waals surface area contributed by atoms with Crippen LogP contribution >= 0.6 is 27.7 Å². The van der Waals surface area contributed by atoms with Gasteiger partial charge in [-0.25, -0.2) is 0 Å². The van der Waals surface area contributed by atoms with Crippen LogP contribution in [-0.2, 0) is 10.5 Å². The highest BCUT2D eigenvalue weighted by molar-refractivity contribution is 9.09. The first-order valence-corrected chi connectivity index (χ1v) is 7.86. The van der Waals surface area contributed by atoms with Gasteiger partial charge in [0.1, 0.15) is 5.76 Å². The van der Waals surface area contributed by atoms with Crippen molar-refractivity contribution >= 4 is 27.7 Å². The Hall–Kier alpha value is 0.0700. The predicted octanol–water partition coefficient (Wildman–Crippen LogP) is 3.70. The summed E-state index contributed by atoms with van der Waals surface area (Å²) in [5, 5.41) is 1.08. The van der Waals surface area contributed by atoms with E-state index in [9.17, 15) is 0 Å². The van der Waals surface area contributed by atoms with Gasteiger partial charge in [-0.1, -0.05) is 15.9 Å². The van der Waals surface area contributed by atoms with Crippen molar-refractivity contribution in [1.82, 2.24) is 0 Å². The summed E-state index contributed by atoms with van der Waals surface area (Å²) in [6, 6.07) is 3.99. The van der Waals surface area contributed by atoms with E-state index in [0.717, 1.165) is 30.1 Å². The average Bonchev–Trinajstić information content (AvgIpc) is 2.83. The minimum atomic E-state index is 0.426. The second-order valence-electron chi connectivity index (χ2n) is 4.32. The Bertz CT molecular complexity index is 294. The molecule has 4 heteroatoms. The van der Waals surface area contributed by atoms with Crippen LogP contribution in [0.25, 0.3) is 0 Å². The van der Waals surface area contributed by atoms with Gasteiger partial charge in [-0.15, -0.1) is 0 Å². The van der Waals surface area contributed by atoms with E-state index in [-0.39, 0.29) is 0 Å². The molecule has 0 unspecified atom stereocenters. The number of thioether (sulfide) groups is 1. The molecule has 0 aliphatic carbocycles. The third-order valence-corrected chi connectivity index (χ3v) is 5.56. The van der Waals surface area contributed by atoms with Crippen LogP contribution in [0.15, 0.2) is 22.8 Å². The van der Waals surface area contributed by atoms with E-state index in [1.54, 1.807) is 6.26 Å². The first kappa shape index (κ1) is 12.5. The standard InChI is InChI=1S/C12H17BrO2S/c13-9-12(3-6-14-7-4-12)10-16-8-11-2-1-5-15-11/h1-2,5H,3-4,6-10H2. The molecule has 1 aliphatic rings. The number of furan rings is 1. The van der Waals surface area contributed by atoms with E-state index >= 15 is 0 Å². The normalized spacial score (nSPS) is 19.8. The summed E-state index contributed by atoms with van der Waals surface area (Å²) in [7, 11) is 0. The van der Waals surface area contributed by atoms with E-state index in [4.69, 9.17) is 9.15 Å². The summed E-state index contributed by atoms with van der Waals surface area (Å²) in [5.74, 6) is 3.23. The Kier molecular flexibility index (Phi) is 4.79. The number of hydrogen-bond acceptors (Lipinski definition) is 3. The average molecular weight is 305 g/mol. The van der Waals surface area contributed by atoms with Crippen molar-refractivity contribution in [2.45, 2.75) is 18.6 Å². The van der Waals surface area contributed by atoms with Crippen molar-refractivity contribution in [2.24, 2.45) is 5.41 Å². The van der Waals surface area contributed by atoms with E-state index in [0.29, 0.717) is 5.41 Å². The molecule has 0 spiro atoms. The number of alkyl halides is 1. The molecule has 0 radical (unpaired) electrons. The van der Waals surface area contributed by atoms with Crippen molar-refractivity contribution in [3.05, 3.63) is 24.2 Å². The van der Waals surface area contributed by atoms with Crippen molar-refractivity contribution in [3.8, 4) is 0 Å². The molecule has 0 bridgehead atoms. The van der Waals surface area contributed by atoms with Crippen molar-refractivity contribution < 1.29 is 9.15 Å². The van der Waals surface area contributed by atoms with Crippen molar-refractivity contribution in [2.75, 3.05) is 24.3 Å². The monoisotopic (exact) mass is 304 g/mol. The highest BCUT2D eigenvalue weighted by Crippen LogP contribution is 2.36. The molecule has 0 atom stereocenters. The quantitative estimate of drug-likeness (QED) is 0.774. The molecule has 16 heavy (non-hydrogen) atoms. The lowest BCUT2D eigenvalue weighted by Crippen LogP contribution is -2.33. The summed E-state index contributed by atoms with van der Waals surface area (Å²) >= 11 is 5.62. The first-order valence-electron chi connectivity index (χ1n) is 5.58. The Morgan fingerprint density at radius 1 is 1.38 bits per heavy atom. The van der Waals surface area contributed by atoms with E-state index in [2.05, 4.69) is 15.9 Å². The molecule has 1 aromatic rings. The second-order valence-corrected chi connectivity index (χ2v) is 5.86. The Morgan fingerprint density at radius 3 is 2.81 bits per heavy atom. The van der Waals surface area contributed by atoms with Crippen LogP contribution in [-0.4, -0.2) is 24.3 Å². The van der Waals surface area contributed by atoms with Gasteiger partial charge in [0.15, 0.2) is 0 Å². The largest absolute Gasteiger partial charge is 0.468 e. The van der Waals surface area contributed by atoms with Crippen LogP contribution in [0.1, 0.15) is 18.6 Å². The summed E-state index contributed by atoms with van der Waals surface area (Å²) in [6.07, 6.45) is 4.08. The lowest BCUT2D eigenvalue weighted by molar-refractivity contribution is 0.0374. The molecule has 1 aliphatic heterocycles. The van der Waals surface area contributed by atoms with Gasteiger partial charge in [-0.05, 0) is 30.4 Å². The zero-order chi connectivity index (χ0) is 11.3. The molecule has 1 saturated heterocycles. The highest BCUT2D eigenvalue weighted by atomic mass is 79.9. The third-order valence-electron chi connectivity index (χ3n) is 3.07. The van der Waals surface area contributed by atoms with Gasteiger partial charge in [-0.2, -0.15) is 11.8 Å². The lowest BCUT2D eigenvalue weighted by Gasteiger charge is -2.35. The molecule has 0 saturated carbocycles. The zero-order valence-corrected chi connectivity index (χ0v) is 11.7. The molecule has 0 amide bonds. The molecule has 2 heterocycles. The first-order chi connectivity index (χ1) is 7.85. The molecule has 0 aromatic carbocycles. The smallest absolute Gasteiger partial charge is 0.113 e. The van der Waals surface area contributed by atoms with Gasteiger partial charge >= 0.3 is 0 Å². The maximum Gasteiger partial charge on any atom is 0.113 e. The summed E-state index contributed by atoms with van der Waals surface area (Å²) in [4.78, 5) is 0. The zero-order valence-electron chi connectivity index (χ0n) is 9.28. The minimum absolute atomic E-state index is 0.426. The topological polar surface area (TPSA) is 22.4 Å². The maximum atomic E-state index is 5.43. The van der Waals surface area contributed by atoms with Gasteiger partial charge in [0.05, 0.1) is 12.0 Å². The third kappa shape index (κ3) is 3.28. The van der Waals surface area contributed by atoms with Crippen LogP contribution in [0.2, 0.25) is 0 Å². The van der Waals surface area contributed by atoms with Gasteiger partial charge in [0, 0.05) is 24.3 Å². The van der Waals surface area contributed by atoms with Crippen molar-refractivity contribution in [3.63, 3.8) is 0 Å².